The highest BCUT2D eigenvalue weighted by Gasteiger charge is 2.19. The molecule has 0 radical (unpaired) electrons. The van der Waals surface area contributed by atoms with E-state index in [0.29, 0.717) is 5.56 Å². The smallest absolute Gasteiger partial charge is 0.190 e. The molecule has 0 aliphatic carbocycles. The van der Waals surface area contributed by atoms with Crippen LogP contribution in [0.2, 0.25) is 0 Å². The van der Waals surface area contributed by atoms with E-state index in [2.05, 4.69) is 31.9 Å². The second-order valence-electron chi connectivity index (χ2n) is 7.41. The summed E-state index contributed by atoms with van der Waals surface area (Å²) >= 11 is 1.74. The summed E-state index contributed by atoms with van der Waals surface area (Å²) in [6, 6.07) is 6.44. The number of nitrogens with one attached hydrogen (secondary N) is 1. The van der Waals surface area contributed by atoms with Crippen LogP contribution in [0.5, 0.6) is 0 Å². The van der Waals surface area contributed by atoms with Crippen LogP contribution in [0.3, 0.4) is 0 Å². The maximum atomic E-state index is 14.1. The van der Waals surface area contributed by atoms with Crippen molar-refractivity contribution in [3.8, 4) is 27.5 Å². The highest BCUT2D eigenvalue weighted by molar-refractivity contribution is 7.15. The van der Waals surface area contributed by atoms with Crippen molar-refractivity contribution in [3.63, 3.8) is 0 Å². The summed E-state index contributed by atoms with van der Waals surface area (Å²) in [5.74, 6) is -0.858. The van der Waals surface area contributed by atoms with Crippen LogP contribution in [0.25, 0.3) is 27.5 Å². The molecule has 1 aromatic carbocycles. The molecule has 0 saturated carbocycles. The summed E-state index contributed by atoms with van der Waals surface area (Å²) in [5.41, 5.74) is 8.98. The Labute approximate surface area is 180 Å². The first-order valence-corrected chi connectivity index (χ1v) is 10.7. The van der Waals surface area contributed by atoms with Crippen molar-refractivity contribution in [1.29, 1.82) is 0 Å². The van der Waals surface area contributed by atoms with Gasteiger partial charge in [0.25, 0.3) is 0 Å². The van der Waals surface area contributed by atoms with Crippen LogP contribution in [-0.4, -0.2) is 38.3 Å². The molecular weight excluding hydrogens is 420 g/mol. The van der Waals surface area contributed by atoms with E-state index >= 15 is 0 Å². The Morgan fingerprint density at radius 2 is 1.87 bits per heavy atom. The number of thiophene rings is 1. The maximum absolute atomic E-state index is 14.1. The molecule has 5 rings (SSSR count). The maximum Gasteiger partial charge on any atom is 0.190 e. The van der Waals surface area contributed by atoms with Crippen LogP contribution in [0.15, 0.2) is 30.5 Å². The molecule has 0 unspecified atom stereocenters. The summed E-state index contributed by atoms with van der Waals surface area (Å²) in [6.45, 7) is 3.31. The normalized spacial score (nSPS) is 13.8. The number of hydrogen-bond donors (Lipinski definition) is 2. The molecule has 0 fully saturated rings. The molecule has 4 heterocycles. The number of halogens is 2. The van der Waals surface area contributed by atoms with E-state index in [0.717, 1.165) is 36.4 Å². The number of aromatic nitrogens is 5. The highest BCUT2D eigenvalue weighted by atomic mass is 32.1. The van der Waals surface area contributed by atoms with Gasteiger partial charge < -0.3 is 11.1 Å². The second-order valence-corrected chi connectivity index (χ2v) is 8.55. The molecule has 3 N–H and O–H groups in total. The number of nitrogens with zero attached hydrogens (tertiary/aromatic N) is 5. The van der Waals surface area contributed by atoms with Gasteiger partial charge in [0, 0.05) is 39.2 Å². The molecule has 0 spiro atoms. The Kier molecular flexibility index (Phi) is 4.95. The van der Waals surface area contributed by atoms with E-state index in [9.17, 15) is 8.78 Å². The van der Waals surface area contributed by atoms with Crippen LogP contribution < -0.4 is 11.1 Å². The number of rotatable bonds is 3. The van der Waals surface area contributed by atoms with Gasteiger partial charge in [0.05, 0.1) is 11.3 Å². The molecule has 1 aliphatic heterocycles. The predicted molar refractivity (Wildman–Crippen MR) is 115 cm³/mol. The molecule has 0 saturated heterocycles. The Hall–Kier alpha value is -3.24. The topological polar surface area (TPSA) is 94.5 Å². The number of benzene rings is 1. The number of anilines is 1. The minimum absolute atomic E-state index is 0.0609. The number of hydrogen-bond acceptors (Lipinski definition) is 7. The van der Waals surface area contributed by atoms with Crippen LogP contribution in [0.1, 0.15) is 16.0 Å². The fourth-order valence-corrected chi connectivity index (χ4v) is 4.85. The minimum Gasteiger partial charge on any atom is -0.383 e. The second kappa shape index (κ2) is 7.78. The van der Waals surface area contributed by atoms with Crippen molar-refractivity contribution in [3.05, 3.63) is 58.1 Å². The zero-order chi connectivity index (χ0) is 21.5. The molecular formula is C21H19F2N7S. The average Bonchev–Trinajstić information content (AvgIpc) is 3.34. The first kappa shape index (κ1) is 19.7. The van der Waals surface area contributed by atoms with Crippen molar-refractivity contribution >= 4 is 17.2 Å². The number of nitrogens with two attached hydrogens (primary N) is 1. The third-order valence-corrected chi connectivity index (χ3v) is 6.71. The molecule has 1 aliphatic rings. The van der Waals surface area contributed by atoms with E-state index in [1.807, 2.05) is 6.07 Å². The van der Waals surface area contributed by atoms with Crippen molar-refractivity contribution in [2.75, 3.05) is 18.8 Å². The number of nitrogen functional groups attached to an aromatic ring is 1. The van der Waals surface area contributed by atoms with Crippen molar-refractivity contribution in [2.24, 2.45) is 0 Å². The third kappa shape index (κ3) is 3.57. The van der Waals surface area contributed by atoms with Gasteiger partial charge in [-0.3, -0.25) is 0 Å². The van der Waals surface area contributed by atoms with Gasteiger partial charge in [-0.05, 0) is 61.0 Å². The summed E-state index contributed by atoms with van der Waals surface area (Å²) in [7, 11) is 0. The van der Waals surface area contributed by atoms with Gasteiger partial charge in [-0.2, -0.15) is 4.68 Å². The molecule has 158 valence electrons. The SMILES string of the molecule is Cc1c(F)cc(-n2nnnc2-c2cc(-c3cc4c(s3)CCNCC4)cnc2N)cc1F. The fraction of sp³-hybridized carbons (Fsp3) is 0.238. The molecule has 0 amide bonds. The van der Waals surface area contributed by atoms with Crippen LogP contribution in [0.4, 0.5) is 14.6 Å². The predicted octanol–water partition coefficient (Wildman–Crippen LogP) is 3.31. The van der Waals surface area contributed by atoms with Gasteiger partial charge in [-0.25, -0.2) is 13.8 Å². The average molecular weight is 439 g/mol. The first-order valence-electron chi connectivity index (χ1n) is 9.84. The largest absolute Gasteiger partial charge is 0.383 e. The Morgan fingerprint density at radius 3 is 2.68 bits per heavy atom. The number of pyridine rings is 1. The summed E-state index contributed by atoms with van der Waals surface area (Å²) < 4.78 is 29.5. The lowest BCUT2D eigenvalue weighted by atomic mass is 10.1. The van der Waals surface area contributed by atoms with Crippen LogP contribution >= 0.6 is 11.3 Å². The molecule has 0 atom stereocenters. The molecule has 4 aromatic rings. The summed E-state index contributed by atoms with van der Waals surface area (Å²) in [5, 5.41) is 15.1. The van der Waals surface area contributed by atoms with Crippen molar-refractivity contribution in [1.82, 2.24) is 30.5 Å². The van der Waals surface area contributed by atoms with Gasteiger partial charge in [-0.1, -0.05) is 0 Å². The third-order valence-electron chi connectivity index (χ3n) is 5.42. The lowest BCUT2D eigenvalue weighted by molar-refractivity contribution is 0.564. The summed E-state index contributed by atoms with van der Waals surface area (Å²) in [6.07, 6.45) is 3.71. The highest BCUT2D eigenvalue weighted by Crippen LogP contribution is 2.35. The van der Waals surface area contributed by atoms with Gasteiger partial charge in [0.1, 0.15) is 17.5 Å². The van der Waals surface area contributed by atoms with Gasteiger partial charge in [-0.15, -0.1) is 16.4 Å². The van der Waals surface area contributed by atoms with E-state index in [4.69, 9.17) is 5.73 Å². The molecule has 31 heavy (non-hydrogen) atoms. The van der Waals surface area contributed by atoms with Crippen molar-refractivity contribution < 1.29 is 8.78 Å². The number of fused-ring (bicyclic) bond motifs is 1. The monoisotopic (exact) mass is 439 g/mol. The van der Waals surface area contributed by atoms with Crippen LogP contribution in [-0.2, 0) is 12.8 Å². The molecule has 10 heteroatoms. The molecule has 3 aromatic heterocycles. The first-order chi connectivity index (χ1) is 15.0. The van der Waals surface area contributed by atoms with Gasteiger partial charge >= 0.3 is 0 Å². The number of tetrazole rings is 1. The zero-order valence-corrected chi connectivity index (χ0v) is 17.5. The minimum atomic E-state index is -0.675. The standard InChI is InChI=1S/C21H19F2N7S/c1-11-16(22)8-14(9-17(11)23)30-21(27-28-29-30)15-6-13(10-26-20(15)24)19-7-12-2-4-25-5-3-18(12)31-19/h6-10,25H,2-5H2,1H3,(H2,24,26). The Morgan fingerprint density at radius 1 is 1.10 bits per heavy atom. The molecule has 7 nitrogen and oxygen atoms in total. The fourth-order valence-electron chi connectivity index (χ4n) is 3.65. The van der Waals surface area contributed by atoms with Crippen molar-refractivity contribution in [2.45, 2.75) is 19.8 Å². The summed E-state index contributed by atoms with van der Waals surface area (Å²) in [4.78, 5) is 6.79. The Balaban J connectivity index is 1.58. The quantitative estimate of drug-likeness (QED) is 0.509. The zero-order valence-electron chi connectivity index (χ0n) is 16.7. The van der Waals surface area contributed by atoms with Crippen LogP contribution in [0, 0.1) is 18.6 Å². The van der Waals surface area contributed by atoms with Gasteiger partial charge in [0.2, 0.25) is 0 Å². The van der Waals surface area contributed by atoms with E-state index < -0.39 is 11.6 Å². The van der Waals surface area contributed by atoms with E-state index in [1.54, 1.807) is 17.5 Å². The lowest BCUT2D eigenvalue weighted by Crippen LogP contribution is -2.16. The molecule has 0 bridgehead atoms. The van der Waals surface area contributed by atoms with Gasteiger partial charge in [0.15, 0.2) is 5.82 Å². The van der Waals surface area contributed by atoms with E-state index in [1.165, 1.54) is 34.2 Å². The lowest BCUT2D eigenvalue weighted by Gasteiger charge is -2.09. The Bertz CT molecular complexity index is 1230. The van der Waals surface area contributed by atoms with E-state index in [-0.39, 0.29) is 22.9 Å².